The maximum Gasteiger partial charge on any atom is 0.407 e. The number of nitrogens with zero attached hydrogens (tertiary/aromatic N) is 1. The number of nitriles is 1. The summed E-state index contributed by atoms with van der Waals surface area (Å²) in [4.78, 5) is 11.7. The van der Waals surface area contributed by atoms with Crippen molar-refractivity contribution in [1.82, 2.24) is 5.32 Å². The van der Waals surface area contributed by atoms with Crippen LogP contribution in [0, 0.1) is 11.3 Å². The SMILES string of the molecule is CC(C)(C)OC(=O)NC1CC(C#N)(c2ccccc2)C1. The first-order chi connectivity index (χ1) is 9.35. The maximum atomic E-state index is 11.7. The fourth-order valence-corrected chi connectivity index (χ4v) is 2.51. The Morgan fingerprint density at radius 1 is 1.35 bits per heavy atom. The van der Waals surface area contributed by atoms with Crippen molar-refractivity contribution in [2.75, 3.05) is 0 Å². The molecule has 1 N–H and O–H groups in total. The molecular weight excluding hydrogens is 252 g/mol. The molecule has 0 saturated heterocycles. The summed E-state index contributed by atoms with van der Waals surface area (Å²) >= 11 is 0. The molecule has 4 nitrogen and oxygen atoms in total. The second-order valence-electron chi connectivity index (χ2n) is 6.31. The predicted molar refractivity (Wildman–Crippen MR) is 76.1 cm³/mol. The Kier molecular flexibility index (Phi) is 3.71. The van der Waals surface area contributed by atoms with Gasteiger partial charge in [-0.05, 0) is 39.2 Å². The first-order valence-corrected chi connectivity index (χ1v) is 6.81. The van der Waals surface area contributed by atoms with Crippen LogP contribution in [0.3, 0.4) is 0 Å². The Morgan fingerprint density at radius 2 is 1.95 bits per heavy atom. The van der Waals surface area contributed by atoms with Crippen LogP contribution < -0.4 is 5.32 Å². The van der Waals surface area contributed by atoms with Crippen LogP contribution in [0.15, 0.2) is 30.3 Å². The van der Waals surface area contributed by atoms with Crippen LogP contribution in [0.5, 0.6) is 0 Å². The van der Waals surface area contributed by atoms with Gasteiger partial charge >= 0.3 is 6.09 Å². The van der Waals surface area contributed by atoms with E-state index >= 15 is 0 Å². The number of hydrogen-bond donors (Lipinski definition) is 1. The lowest BCUT2D eigenvalue weighted by molar-refractivity contribution is 0.0454. The topological polar surface area (TPSA) is 62.1 Å². The number of benzene rings is 1. The van der Waals surface area contributed by atoms with Crippen molar-refractivity contribution in [1.29, 1.82) is 5.26 Å². The fraction of sp³-hybridized carbons (Fsp3) is 0.500. The summed E-state index contributed by atoms with van der Waals surface area (Å²) in [5.74, 6) is 0. The molecule has 1 aromatic carbocycles. The van der Waals surface area contributed by atoms with Gasteiger partial charge in [0, 0.05) is 6.04 Å². The molecule has 0 bridgehead atoms. The molecule has 1 aliphatic rings. The first kappa shape index (κ1) is 14.4. The largest absolute Gasteiger partial charge is 0.444 e. The summed E-state index contributed by atoms with van der Waals surface area (Å²) in [6.07, 6.45) is 0.849. The van der Waals surface area contributed by atoms with E-state index in [1.807, 2.05) is 51.1 Å². The van der Waals surface area contributed by atoms with Gasteiger partial charge in [0.05, 0.1) is 11.5 Å². The molecule has 4 heteroatoms. The number of carbonyl (C=O) groups excluding carboxylic acids is 1. The molecule has 1 aromatic rings. The standard InChI is InChI=1S/C16H20N2O2/c1-15(2,3)20-14(19)18-13-9-16(10-13,11-17)12-7-5-4-6-8-12/h4-8,13H,9-10H2,1-3H3,(H,18,19). The molecule has 106 valence electrons. The Bertz CT molecular complexity index is 520. The highest BCUT2D eigenvalue weighted by molar-refractivity contribution is 5.68. The fourth-order valence-electron chi connectivity index (χ4n) is 2.51. The van der Waals surface area contributed by atoms with Gasteiger partial charge < -0.3 is 10.1 Å². The van der Waals surface area contributed by atoms with E-state index in [0.717, 1.165) is 5.56 Å². The third-order valence-electron chi connectivity index (χ3n) is 3.45. The van der Waals surface area contributed by atoms with Gasteiger partial charge in [-0.25, -0.2) is 4.79 Å². The molecule has 20 heavy (non-hydrogen) atoms. The second kappa shape index (κ2) is 5.16. The number of alkyl carbamates (subject to hydrolysis) is 1. The highest BCUT2D eigenvalue weighted by Gasteiger charge is 2.47. The van der Waals surface area contributed by atoms with Gasteiger partial charge in [-0.1, -0.05) is 30.3 Å². The molecule has 1 aliphatic carbocycles. The summed E-state index contributed by atoms with van der Waals surface area (Å²) in [5.41, 5.74) is 0.0466. The van der Waals surface area contributed by atoms with E-state index in [9.17, 15) is 10.1 Å². The third kappa shape index (κ3) is 3.11. The van der Waals surface area contributed by atoms with E-state index in [-0.39, 0.29) is 6.04 Å². The van der Waals surface area contributed by atoms with E-state index in [2.05, 4.69) is 11.4 Å². The summed E-state index contributed by atoms with van der Waals surface area (Å²) in [6.45, 7) is 5.49. The van der Waals surface area contributed by atoms with Crippen molar-refractivity contribution in [2.24, 2.45) is 0 Å². The van der Waals surface area contributed by atoms with Gasteiger partial charge in [-0.2, -0.15) is 5.26 Å². The van der Waals surface area contributed by atoms with E-state index in [1.54, 1.807) is 0 Å². The van der Waals surface area contributed by atoms with E-state index in [4.69, 9.17) is 4.74 Å². The Hall–Kier alpha value is -2.02. The van der Waals surface area contributed by atoms with Crippen molar-refractivity contribution < 1.29 is 9.53 Å². The van der Waals surface area contributed by atoms with Crippen molar-refractivity contribution in [3.05, 3.63) is 35.9 Å². The zero-order chi connectivity index (χ0) is 14.8. The molecule has 0 aliphatic heterocycles. The van der Waals surface area contributed by atoms with Crippen LogP contribution in [0.4, 0.5) is 4.79 Å². The molecule has 0 aromatic heterocycles. The van der Waals surface area contributed by atoms with Crippen LogP contribution >= 0.6 is 0 Å². The third-order valence-corrected chi connectivity index (χ3v) is 3.45. The molecule has 0 spiro atoms. The zero-order valence-corrected chi connectivity index (χ0v) is 12.1. The molecule has 1 fully saturated rings. The quantitative estimate of drug-likeness (QED) is 0.899. The predicted octanol–water partition coefficient (Wildman–Crippen LogP) is 3.14. The lowest BCUT2D eigenvalue weighted by Gasteiger charge is -2.43. The number of nitrogens with one attached hydrogen (secondary N) is 1. The summed E-state index contributed by atoms with van der Waals surface area (Å²) < 4.78 is 5.22. The molecular formula is C16H20N2O2. The van der Waals surface area contributed by atoms with Crippen LogP contribution in [0.25, 0.3) is 0 Å². The molecule has 0 atom stereocenters. The van der Waals surface area contributed by atoms with Gasteiger partial charge in [0.15, 0.2) is 0 Å². The van der Waals surface area contributed by atoms with Crippen LogP contribution in [0.2, 0.25) is 0 Å². The van der Waals surface area contributed by atoms with Crippen molar-refractivity contribution >= 4 is 6.09 Å². The van der Waals surface area contributed by atoms with E-state index in [1.165, 1.54) is 0 Å². The molecule has 2 rings (SSSR count). The van der Waals surface area contributed by atoms with Gasteiger partial charge in [0.25, 0.3) is 0 Å². The monoisotopic (exact) mass is 272 g/mol. The van der Waals surface area contributed by atoms with Gasteiger partial charge in [0.2, 0.25) is 0 Å². The van der Waals surface area contributed by atoms with Gasteiger partial charge in [-0.15, -0.1) is 0 Å². The average Bonchev–Trinajstić information content (AvgIpc) is 2.32. The number of ether oxygens (including phenoxy) is 1. The molecule has 1 saturated carbocycles. The highest BCUT2D eigenvalue weighted by atomic mass is 16.6. The number of amides is 1. The van der Waals surface area contributed by atoms with Crippen molar-refractivity contribution in [2.45, 2.75) is 50.7 Å². The van der Waals surface area contributed by atoms with E-state index < -0.39 is 17.1 Å². The van der Waals surface area contributed by atoms with Crippen LogP contribution in [-0.2, 0) is 10.2 Å². The Labute approximate surface area is 119 Å². The van der Waals surface area contributed by atoms with Crippen LogP contribution in [0.1, 0.15) is 39.2 Å². The minimum absolute atomic E-state index is 0.00436. The highest BCUT2D eigenvalue weighted by Crippen LogP contribution is 2.43. The first-order valence-electron chi connectivity index (χ1n) is 6.81. The maximum absolute atomic E-state index is 11.7. The summed E-state index contributed by atoms with van der Waals surface area (Å²) in [5, 5.41) is 12.3. The normalized spacial score (nSPS) is 25.2. The number of carbonyl (C=O) groups is 1. The van der Waals surface area contributed by atoms with E-state index in [0.29, 0.717) is 12.8 Å². The molecule has 0 radical (unpaired) electrons. The Morgan fingerprint density at radius 3 is 2.45 bits per heavy atom. The zero-order valence-electron chi connectivity index (χ0n) is 12.1. The smallest absolute Gasteiger partial charge is 0.407 e. The Balaban J connectivity index is 1.93. The molecule has 0 heterocycles. The lowest BCUT2D eigenvalue weighted by atomic mass is 9.62. The summed E-state index contributed by atoms with van der Waals surface area (Å²) in [7, 11) is 0. The summed E-state index contributed by atoms with van der Waals surface area (Å²) in [6, 6.07) is 12.1. The minimum Gasteiger partial charge on any atom is -0.444 e. The van der Waals surface area contributed by atoms with Crippen molar-refractivity contribution in [3.63, 3.8) is 0 Å². The molecule has 0 unspecified atom stereocenters. The minimum atomic E-state index is -0.500. The average molecular weight is 272 g/mol. The number of hydrogen-bond acceptors (Lipinski definition) is 3. The number of rotatable bonds is 2. The van der Waals surface area contributed by atoms with Crippen molar-refractivity contribution in [3.8, 4) is 6.07 Å². The van der Waals surface area contributed by atoms with Crippen LogP contribution in [-0.4, -0.2) is 17.7 Å². The lowest BCUT2D eigenvalue weighted by Crippen LogP contribution is -2.53. The van der Waals surface area contributed by atoms with Gasteiger partial charge in [-0.3, -0.25) is 0 Å². The second-order valence-corrected chi connectivity index (χ2v) is 6.31. The molecule has 1 amide bonds. The van der Waals surface area contributed by atoms with Gasteiger partial charge in [0.1, 0.15) is 5.60 Å².